The fourth-order valence-corrected chi connectivity index (χ4v) is 7.16. The van der Waals surface area contributed by atoms with Crippen LogP contribution in [0.3, 0.4) is 0 Å². The molecule has 1 spiro atoms. The largest absolute Gasteiger partial charge is 0.457 e. The summed E-state index contributed by atoms with van der Waals surface area (Å²) in [6.45, 7) is 0. The van der Waals surface area contributed by atoms with Gasteiger partial charge in [-0.05, 0) is 53.1 Å². The van der Waals surface area contributed by atoms with Gasteiger partial charge in [-0.2, -0.15) is 0 Å². The second kappa shape index (κ2) is 6.87. The number of furan rings is 1. The molecule has 2 aliphatic rings. The van der Waals surface area contributed by atoms with Crippen LogP contribution < -0.4 is 4.74 Å². The van der Waals surface area contributed by atoms with Crippen LogP contribution in [0.15, 0.2) is 110 Å². The highest BCUT2D eigenvalue weighted by molar-refractivity contribution is 9.11. The number of fused-ring (bicyclic) bond motifs is 13. The van der Waals surface area contributed by atoms with Gasteiger partial charge in [0.2, 0.25) is 0 Å². The van der Waals surface area contributed by atoms with Crippen molar-refractivity contribution >= 4 is 53.8 Å². The lowest BCUT2D eigenvalue weighted by molar-refractivity contribution is 0.436. The van der Waals surface area contributed by atoms with E-state index in [1.807, 2.05) is 24.3 Å². The predicted molar refractivity (Wildman–Crippen MR) is 146 cm³/mol. The van der Waals surface area contributed by atoms with E-state index >= 15 is 0 Å². The standard InChI is InChI=1S/C31H16Br2O2/c32-17-13-14-18-22(15-17)31(20-8-2-5-11-26(20)34-27-12-6-3-9-21(27)31)23-16-24(33)29-19-7-1-4-10-25(19)35-30(29)28(18)23/h1-16H. The molecule has 35 heavy (non-hydrogen) atoms. The normalized spacial score (nSPS) is 14.5. The number of rotatable bonds is 0. The van der Waals surface area contributed by atoms with E-state index in [0.29, 0.717) is 0 Å². The number of benzene rings is 5. The Morgan fingerprint density at radius 1 is 0.629 bits per heavy atom. The Morgan fingerprint density at radius 2 is 1.31 bits per heavy atom. The second-order valence-electron chi connectivity index (χ2n) is 9.12. The monoisotopic (exact) mass is 578 g/mol. The lowest BCUT2D eigenvalue weighted by atomic mass is 9.66. The summed E-state index contributed by atoms with van der Waals surface area (Å²) in [5, 5.41) is 2.23. The van der Waals surface area contributed by atoms with Crippen molar-refractivity contribution in [3.8, 4) is 22.6 Å². The quantitative estimate of drug-likeness (QED) is 0.178. The van der Waals surface area contributed by atoms with Gasteiger partial charge in [0.15, 0.2) is 0 Å². The average molecular weight is 580 g/mol. The molecule has 6 aromatic rings. The van der Waals surface area contributed by atoms with Gasteiger partial charge in [0.05, 0.1) is 5.41 Å². The molecule has 0 fully saturated rings. The van der Waals surface area contributed by atoms with Crippen LogP contribution in [0.1, 0.15) is 22.3 Å². The lowest BCUT2D eigenvalue weighted by Crippen LogP contribution is -2.32. The van der Waals surface area contributed by atoms with Gasteiger partial charge in [0.25, 0.3) is 0 Å². The molecule has 2 nitrogen and oxygen atoms in total. The van der Waals surface area contributed by atoms with Crippen LogP contribution >= 0.6 is 31.9 Å². The van der Waals surface area contributed by atoms with Crippen molar-refractivity contribution < 1.29 is 9.15 Å². The third kappa shape index (κ3) is 2.39. The molecule has 166 valence electrons. The third-order valence-electron chi connectivity index (χ3n) is 7.46. The van der Waals surface area contributed by atoms with E-state index in [0.717, 1.165) is 59.1 Å². The minimum Gasteiger partial charge on any atom is -0.457 e. The summed E-state index contributed by atoms with van der Waals surface area (Å²) in [7, 11) is 0. The van der Waals surface area contributed by atoms with E-state index < -0.39 is 5.41 Å². The Morgan fingerprint density at radius 3 is 2.09 bits per heavy atom. The summed E-state index contributed by atoms with van der Waals surface area (Å²) in [5.74, 6) is 1.76. The van der Waals surface area contributed by atoms with Gasteiger partial charge < -0.3 is 9.15 Å². The molecule has 4 heteroatoms. The third-order valence-corrected chi connectivity index (χ3v) is 8.58. The van der Waals surface area contributed by atoms with Gasteiger partial charge in [0.1, 0.15) is 22.7 Å². The Kier molecular flexibility index (Phi) is 3.91. The maximum Gasteiger partial charge on any atom is 0.144 e. The molecule has 0 radical (unpaired) electrons. The van der Waals surface area contributed by atoms with Crippen LogP contribution in [0.5, 0.6) is 11.5 Å². The molecule has 0 unspecified atom stereocenters. The molecule has 2 heterocycles. The zero-order chi connectivity index (χ0) is 23.3. The van der Waals surface area contributed by atoms with E-state index in [2.05, 4.69) is 105 Å². The average Bonchev–Trinajstić information content (AvgIpc) is 3.39. The van der Waals surface area contributed by atoms with E-state index in [9.17, 15) is 0 Å². The molecular weight excluding hydrogens is 564 g/mol. The predicted octanol–water partition coefficient (Wildman–Crippen LogP) is 9.58. The van der Waals surface area contributed by atoms with Crippen LogP contribution in [0.2, 0.25) is 0 Å². The molecular formula is C31H16Br2O2. The van der Waals surface area contributed by atoms with Crippen molar-refractivity contribution in [2.45, 2.75) is 5.41 Å². The molecule has 0 bridgehead atoms. The van der Waals surface area contributed by atoms with E-state index in [1.54, 1.807) is 0 Å². The van der Waals surface area contributed by atoms with Crippen molar-refractivity contribution in [3.05, 3.63) is 128 Å². The Hall–Kier alpha value is -3.34. The highest BCUT2D eigenvalue weighted by Gasteiger charge is 2.52. The first-order valence-electron chi connectivity index (χ1n) is 11.5. The number of halogens is 2. The van der Waals surface area contributed by atoms with Gasteiger partial charge in [-0.25, -0.2) is 0 Å². The SMILES string of the molecule is Brc1ccc2c(c1)C1(c3ccccc3Oc3ccccc31)c1cc(Br)c3c(oc4ccccc43)c1-2. The molecule has 5 aromatic carbocycles. The van der Waals surface area contributed by atoms with Gasteiger partial charge in [-0.3, -0.25) is 0 Å². The number of para-hydroxylation sites is 3. The highest BCUT2D eigenvalue weighted by atomic mass is 79.9. The topological polar surface area (TPSA) is 22.4 Å². The first-order chi connectivity index (χ1) is 17.2. The fraction of sp³-hybridized carbons (Fsp3) is 0.0323. The van der Waals surface area contributed by atoms with E-state index in [4.69, 9.17) is 9.15 Å². The van der Waals surface area contributed by atoms with E-state index in [-0.39, 0.29) is 0 Å². The number of hydrogen-bond donors (Lipinski definition) is 0. The molecule has 0 N–H and O–H groups in total. The zero-order valence-electron chi connectivity index (χ0n) is 18.3. The van der Waals surface area contributed by atoms with Crippen molar-refractivity contribution in [2.24, 2.45) is 0 Å². The van der Waals surface area contributed by atoms with Crippen LogP contribution in [-0.2, 0) is 5.41 Å². The molecule has 0 atom stereocenters. The van der Waals surface area contributed by atoms with Gasteiger partial charge >= 0.3 is 0 Å². The summed E-state index contributed by atoms with van der Waals surface area (Å²) in [4.78, 5) is 0. The Bertz CT molecular complexity index is 1820. The Labute approximate surface area is 218 Å². The minimum atomic E-state index is -0.532. The Balaban J connectivity index is 1.65. The molecule has 1 aromatic heterocycles. The summed E-state index contributed by atoms with van der Waals surface area (Å²) in [6, 6.07) is 34.0. The summed E-state index contributed by atoms with van der Waals surface area (Å²) in [6.07, 6.45) is 0. The maximum absolute atomic E-state index is 6.60. The lowest BCUT2D eigenvalue weighted by Gasteiger charge is -2.39. The summed E-state index contributed by atoms with van der Waals surface area (Å²) < 4.78 is 15.1. The van der Waals surface area contributed by atoms with Crippen molar-refractivity contribution in [2.75, 3.05) is 0 Å². The highest BCUT2D eigenvalue weighted by Crippen LogP contribution is 2.64. The van der Waals surface area contributed by atoms with Crippen LogP contribution in [-0.4, -0.2) is 0 Å². The second-order valence-corrected chi connectivity index (χ2v) is 10.9. The van der Waals surface area contributed by atoms with Crippen LogP contribution in [0, 0.1) is 0 Å². The van der Waals surface area contributed by atoms with Gasteiger partial charge in [-0.1, -0.05) is 92.5 Å². The van der Waals surface area contributed by atoms with Crippen molar-refractivity contribution in [3.63, 3.8) is 0 Å². The molecule has 8 rings (SSSR count). The number of ether oxygens (including phenoxy) is 1. The van der Waals surface area contributed by atoms with Crippen LogP contribution in [0.25, 0.3) is 33.1 Å². The minimum absolute atomic E-state index is 0.532. The summed E-state index contributed by atoms with van der Waals surface area (Å²) >= 11 is 7.71. The van der Waals surface area contributed by atoms with Gasteiger partial charge in [-0.15, -0.1) is 0 Å². The molecule has 0 amide bonds. The molecule has 1 aliphatic carbocycles. The smallest absolute Gasteiger partial charge is 0.144 e. The number of hydrogen-bond acceptors (Lipinski definition) is 2. The molecule has 0 saturated heterocycles. The molecule has 1 aliphatic heterocycles. The van der Waals surface area contributed by atoms with Crippen molar-refractivity contribution in [1.29, 1.82) is 0 Å². The van der Waals surface area contributed by atoms with Crippen LogP contribution in [0.4, 0.5) is 0 Å². The summed E-state index contributed by atoms with van der Waals surface area (Å²) in [5.41, 5.74) is 8.31. The van der Waals surface area contributed by atoms with E-state index in [1.165, 1.54) is 16.7 Å². The molecule has 0 saturated carbocycles. The van der Waals surface area contributed by atoms with Gasteiger partial charge in [0, 0.05) is 36.4 Å². The zero-order valence-corrected chi connectivity index (χ0v) is 21.5. The fourth-order valence-electron chi connectivity index (χ4n) is 6.18. The maximum atomic E-state index is 6.60. The van der Waals surface area contributed by atoms with Crippen molar-refractivity contribution in [1.82, 2.24) is 0 Å². The first kappa shape index (κ1) is 19.9. The first-order valence-corrected chi connectivity index (χ1v) is 13.1.